The normalized spacial score (nSPS) is 27.7. The van der Waals surface area contributed by atoms with Gasteiger partial charge in [0.25, 0.3) is 0 Å². The quantitative estimate of drug-likeness (QED) is 0.632. The highest BCUT2D eigenvalue weighted by atomic mass is 16.3. The standard InChI is InChI=1S/C24H39NO2/c1-18(2)9-7-10-19(3)11-8-12-22(27)25-16-14-20-23(4,5)21(26)13-15-24(20,6)17-25/h9,11,14,21,26H,7-8,10,12-13,15-17H2,1-6H3/b19-11+/t21-,24+/m0/s1. The van der Waals surface area contributed by atoms with Crippen LogP contribution in [0.25, 0.3) is 0 Å². The van der Waals surface area contributed by atoms with Crippen molar-refractivity contribution in [3.05, 3.63) is 34.9 Å². The van der Waals surface area contributed by atoms with Crippen molar-refractivity contribution in [2.75, 3.05) is 13.1 Å². The first-order valence-electron chi connectivity index (χ1n) is 10.5. The van der Waals surface area contributed by atoms with E-state index >= 15 is 0 Å². The fourth-order valence-electron chi connectivity index (χ4n) is 4.75. The minimum absolute atomic E-state index is 0.00669. The predicted molar refractivity (Wildman–Crippen MR) is 113 cm³/mol. The van der Waals surface area contributed by atoms with E-state index in [2.05, 4.69) is 59.8 Å². The highest BCUT2D eigenvalue weighted by molar-refractivity contribution is 5.77. The summed E-state index contributed by atoms with van der Waals surface area (Å²) in [6, 6.07) is 0. The summed E-state index contributed by atoms with van der Waals surface area (Å²) in [7, 11) is 0. The lowest BCUT2D eigenvalue weighted by molar-refractivity contribution is -0.133. The van der Waals surface area contributed by atoms with Crippen LogP contribution in [-0.4, -0.2) is 35.1 Å². The van der Waals surface area contributed by atoms with E-state index in [1.807, 2.05) is 4.90 Å². The summed E-state index contributed by atoms with van der Waals surface area (Å²) in [4.78, 5) is 14.8. The minimum Gasteiger partial charge on any atom is -0.392 e. The molecule has 0 saturated heterocycles. The number of aliphatic hydroxyl groups is 1. The number of nitrogens with zero attached hydrogens (tertiary/aromatic N) is 1. The number of aliphatic hydroxyl groups excluding tert-OH is 1. The lowest BCUT2D eigenvalue weighted by atomic mass is 9.58. The molecule has 1 N–H and O–H groups in total. The Morgan fingerprint density at radius 3 is 2.52 bits per heavy atom. The largest absolute Gasteiger partial charge is 0.392 e. The Morgan fingerprint density at radius 1 is 1.19 bits per heavy atom. The maximum absolute atomic E-state index is 12.7. The van der Waals surface area contributed by atoms with Crippen LogP contribution in [0.3, 0.4) is 0 Å². The zero-order chi connectivity index (χ0) is 20.2. The topological polar surface area (TPSA) is 40.5 Å². The molecule has 1 heterocycles. The molecule has 3 nitrogen and oxygen atoms in total. The van der Waals surface area contributed by atoms with Gasteiger partial charge in [0.15, 0.2) is 0 Å². The number of hydrogen-bond donors (Lipinski definition) is 1. The fourth-order valence-corrected chi connectivity index (χ4v) is 4.75. The zero-order valence-corrected chi connectivity index (χ0v) is 18.3. The molecule has 0 unspecified atom stereocenters. The number of hydrogen-bond acceptors (Lipinski definition) is 2. The molecular weight excluding hydrogens is 334 g/mol. The average molecular weight is 374 g/mol. The summed E-state index contributed by atoms with van der Waals surface area (Å²) >= 11 is 0. The van der Waals surface area contributed by atoms with Gasteiger partial charge in [-0.1, -0.05) is 55.7 Å². The number of rotatable bonds is 6. The van der Waals surface area contributed by atoms with Crippen LogP contribution < -0.4 is 0 Å². The van der Waals surface area contributed by atoms with Crippen molar-refractivity contribution in [3.63, 3.8) is 0 Å². The van der Waals surface area contributed by atoms with E-state index in [0.717, 1.165) is 38.6 Å². The van der Waals surface area contributed by atoms with Gasteiger partial charge in [-0.15, -0.1) is 0 Å². The van der Waals surface area contributed by atoms with Gasteiger partial charge in [-0.25, -0.2) is 0 Å². The molecule has 1 aliphatic heterocycles. The second-order valence-electron chi connectivity index (χ2n) is 9.64. The Hall–Kier alpha value is -1.35. The van der Waals surface area contributed by atoms with E-state index in [0.29, 0.717) is 13.0 Å². The molecule has 2 rings (SSSR count). The molecule has 0 bridgehead atoms. The number of amides is 1. The zero-order valence-electron chi connectivity index (χ0n) is 18.3. The van der Waals surface area contributed by atoms with Crippen LogP contribution in [0.5, 0.6) is 0 Å². The van der Waals surface area contributed by atoms with E-state index in [1.54, 1.807) is 0 Å². The molecule has 2 atom stereocenters. The van der Waals surface area contributed by atoms with Gasteiger partial charge < -0.3 is 10.0 Å². The molecule has 1 fully saturated rings. The van der Waals surface area contributed by atoms with E-state index in [1.165, 1.54) is 16.7 Å². The first-order valence-corrected chi connectivity index (χ1v) is 10.5. The molecule has 0 aromatic heterocycles. The van der Waals surface area contributed by atoms with Gasteiger partial charge in [-0.2, -0.15) is 0 Å². The molecule has 1 aliphatic carbocycles. The van der Waals surface area contributed by atoms with E-state index in [4.69, 9.17) is 0 Å². The predicted octanol–water partition coefficient (Wildman–Crippen LogP) is 5.42. The lowest BCUT2D eigenvalue weighted by Gasteiger charge is -2.52. The first-order chi connectivity index (χ1) is 12.6. The van der Waals surface area contributed by atoms with E-state index in [-0.39, 0.29) is 22.8 Å². The Bertz CT molecular complexity index is 637. The molecule has 1 amide bonds. The summed E-state index contributed by atoms with van der Waals surface area (Å²) in [5, 5.41) is 10.4. The summed E-state index contributed by atoms with van der Waals surface area (Å²) < 4.78 is 0. The van der Waals surface area contributed by atoms with Gasteiger partial charge >= 0.3 is 0 Å². The highest BCUT2D eigenvalue weighted by Gasteiger charge is 2.48. The number of carbonyl (C=O) groups is 1. The van der Waals surface area contributed by atoms with Crippen LogP contribution >= 0.6 is 0 Å². The summed E-state index contributed by atoms with van der Waals surface area (Å²) in [6.07, 6.45) is 11.8. The SMILES string of the molecule is CC(C)=CCC/C(C)=C/CCC(=O)N1CC=C2C(C)(C)[C@@H](O)CC[C@]2(C)C1. The fraction of sp³-hybridized carbons (Fsp3) is 0.708. The maximum Gasteiger partial charge on any atom is 0.223 e. The van der Waals surface area contributed by atoms with Crippen molar-refractivity contribution in [3.8, 4) is 0 Å². The summed E-state index contributed by atoms with van der Waals surface area (Å²) in [6.45, 7) is 14.4. The number of allylic oxidation sites excluding steroid dienone is 4. The van der Waals surface area contributed by atoms with Crippen molar-refractivity contribution >= 4 is 5.91 Å². The Labute approximate surface area is 166 Å². The van der Waals surface area contributed by atoms with E-state index in [9.17, 15) is 9.90 Å². The molecule has 27 heavy (non-hydrogen) atoms. The molecule has 1 saturated carbocycles. The smallest absolute Gasteiger partial charge is 0.223 e. The summed E-state index contributed by atoms with van der Waals surface area (Å²) in [5.41, 5.74) is 3.89. The lowest BCUT2D eigenvalue weighted by Crippen LogP contribution is -2.52. The van der Waals surface area contributed by atoms with E-state index < -0.39 is 0 Å². The Kier molecular flexibility index (Phi) is 7.13. The molecule has 152 valence electrons. The van der Waals surface area contributed by atoms with Gasteiger partial charge in [0, 0.05) is 30.3 Å². The van der Waals surface area contributed by atoms with Crippen molar-refractivity contribution in [2.24, 2.45) is 10.8 Å². The molecule has 0 spiro atoms. The average Bonchev–Trinajstić information content (AvgIpc) is 2.57. The second-order valence-corrected chi connectivity index (χ2v) is 9.64. The highest BCUT2D eigenvalue weighted by Crippen LogP contribution is 2.52. The molecule has 0 aromatic rings. The molecular formula is C24H39NO2. The first kappa shape index (κ1) is 21.9. The summed E-state index contributed by atoms with van der Waals surface area (Å²) in [5.74, 6) is 0.254. The maximum atomic E-state index is 12.7. The van der Waals surface area contributed by atoms with Crippen molar-refractivity contribution in [1.29, 1.82) is 0 Å². The van der Waals surface area contributed by atoms with Crippen LogP contribution in [0.4, 0.5) is 0 Å². The van der Waals surface area contributed by atoms with Gasteiger partial charge in [0.1, 0.15) is 0 Å². The second kappa shape index (κ2) is 8.77. The number of carbonyl (C=O) groups excluding carboxylic acids is 1. The molecule has 2 aliphatic rings. The van der Waals surface area contributed by atoms with Crippen LogP contribution in [0, 0.1) is 10.8 Å². The van der Waals surface area contributed by atoms with Gasteiger partial charge in [0.2, 0.25) is 5.91 Å². The van der Waals surface area contributed by atoms with Gasteiger partial charge in [-0.3, -0.25) is 4.79 Å². The van der Waals surface area contributed by atoms with Crippen LogP contribution in [-0.2, 0) is 4.79 Å². The molecule has 3 heteroatoms. The Morgan fingerprint density at radius 2 is 1.85 bits per heavy atom. The monoisotopic (exact) mass is 373 g/mol. The molecule has 0 aromatic carbocycles. The number of fused-ring (bicyclic) bond motifs is 1. The Balaban J connectivity index is 1.91. The van der Waals surface area contributed by atoms with Gasteiger partial charge in [-0.05, 0) is 52.9 Å². The third-order valence-corrected chi connectivity index (χ3v) is 6.50. The van der Waals surface area contributed by atoms with Crippen LogP contribution in [0.15, 0.2) is 34.9 Å². The van der Waals surface area contributed by atoms with Crippen molar-refractivity contribution in [1.82, 2.24) is 4.90 Å². The third-order valence-electron chi connectivity index (χ3n) is 6.50. The van der Waals surface area contributed by atoms with Crippen LogP contribution in [0.1, 0.15) is 80.1 Å². The van der Waals surface area contributed by atoms with Gasteiger partial charge in [0.05, 0.1) is 6.10 Å². The van der Waals surface area contributed by atoms with Crippen LogP contribution in [0.2, 0.25) is 0 Å². The minimum atomic E-state index is -0.279. The molecule has 0 radical (unpaired) electrons. The van der Waals surface area contributed by atoms with Crippen molar-refractivity contribution in [2.45, 2.75) is 86.2 Å². The van der Waals surface area contributed by atoms with Crippen molar-refractivity contribution < 1.29 is 9.90 Å². The third kappa shape index (κ3) is 5.34.